The Morgan fingerprint density at radius 1 is 1.48 bits per heavy atom. The molecule has 2 atom stereocenters. The number of aromatic nitrogens is 2. The molecule has 0 radical (unpaired) electrons. The molecule has 0 spiro atoms. The van der Waals surface area contributed by atoms with Gasteiger partial charge in [0.15, 0.2) is 0 Å². The first-order valence-electron chi connectivity index (χ1n) is 9.44. The first kappa shape index (κ1) is 19.2. The van der Waals surface area contributed by atoms with Crippen LogP contribution in [0.1, 0.15) is 39.7 Å². The van der Waals surface area contributed by atoms with Gasteiger partial charge in [-0.05, 0) is 50.8 Å². The van der Waals surface area contributed by atoms with Crippen LogP contribution in [0.2, 0.25) is 0 Å². The number of nitrogens with one attached hydrogen (secondary N) is 1. The van der Waals surface area contributed by atoms with Crippen molar-refractivity contribution in [3.8, 4) is 0 Å². The van der Waals surface area contributed by atoms with Crippen LogP contribution in [0.25, 0.3) is 11.0 Å². The zero-order valence-corrected chi connectivity index (χ0v) is 16.5. The van der Waals surface area contributed by atoms with Crippen LogP contribution in [-0.4, -0.2) is 40.0 Å². The monoisotopic (exact) mass is 367 g/mol. The van der Waals surface area contributed by atoms with E-state index in [9.17, 15) is 5.11 Å². The number of hydrogen-bond donors (Lipinski definition) is 3. The van der Waals surface area contributed by atoms with Gasteiger partial charge in [-0.15, -0.1) is 0 Å². The van der Waals surface area contributed by atoms with Crippen molar-refractivity contribution in [1.82, 2.24) is 9.97 Å². The molecule has 2 aromatic heterocycles. The van der Waals surface area contributed by atoms with Gasteiger partial charge in [-0.3, -0.25) is 0 Å². The zero-order chi connectivity index (χ0) is 19.6. The third-order valence-electron chi connectivity index (χ3n) is 5.05. The van der Waals surface area contributed by atoms with Gasteiger partial charge in [0, 0.05) is 24.5 Å². The number of anilines is 1. The number of nitrogens with zero attached hydrogens (tertiary/aromatic N) is 3. The van der Waals surface area contributed by atoms with E-state index in [1.54, 1.807) is 0 Å². The number of allylic oxidation sites excluding steroid dienone is 3. The molecule has 3 heterocycles. The van der Waals surface area contributed by atoms with Gasteiger partial charge in [0.05, 0.1) is 29.4 Å². The molecule has 4 N–H and O–H groups in total. The molecule has 27 heavy (non-hydrogen) atoms. The van der Waals surface area contributed by atoms with Crippen LogP contribution in [0.5, 0.6) is 0 Å². The Hall–Kier alpha value is -2.60. The average molecular weight is 367 g/mol. The summed E-state index contributed by atoms with van der Waals surface area (Å²) in [5, 5.41) is 10.9. The summed E-state index contributed by atoms with van der Waals surface area (Å²) in [5.74, 6) is 1.06. The fourth-order valence-electron chi connectivity index (χ4n) is 3.69. The lowest BCUT2D eigenvalue weighted by atomic mass is 10.1. The van der Waals surface area contributed by atoms with Crippen LogP contribution in [0.15, 0.2) is 47.0 Å². The first-order valence-corrected chi connectivity index (χ1v) is 9.44. The number of rotatable bonds is 5. The average Bonchev–Trinajstić information content (AvgIpc) is 3.24. The van der Waals surface area contributed by atoms with Crippen LogP contribution in [0, 0.1) is 5.92 Å². The van der Waals surface area contributed by atoms with E-state index >= 15 is 0 Å². The number of aliphatic imine (C=N–C) groups is 1. The maximum atomic E-state index is 9.86. The summed E-state index contributed by atoms with van der Waals surface area (Å²) < 4.78 is 0. The highest BCUT2D eigenvalue weighted by atomic mass is 16.3. The van der Waals surface area contributed by atoms with E-state index in [1.807, 2.05) is 51.4 Å². The van der Waals surface area contributed by atoms with Crippen molar-refractivity contribution in [3.63, 3.8) is 0 Å². The molecule has 1 saturated heterocycles. The molecular formula is C21H29N5O. The molecule has 1 fully saturated rings. The third-order valence-corrected chi connectivity index (χ3v) is 5.05. The highest BCUT2D eigenvalue weighted by Gasteiger charge is 2.31. The molecule has 0 aromatic carbocycles. The van der Waals surface area contributed by atoms with Crippen molar-refractivity contribution >= 4 is 22.4 Å². The molecule has 6 nitrogen and oxygen atoms in total. The minimum Gasteiger partial charge on any atom is -0.394 e. The Balaban J connectivity index is 2.19. The molecule has 2 aromatic rings. The minimum atomic E-state index is 0.123. The minimum absolute atomic E-state index is 0.123. The van der Waals surface area contributed by atoms with Gasteiger partial charge in [-0.1, -0.05) is 13.0 Å². The Labute approximate surface area is 160 Å². The predicted octanol–water partition coefficient (Wildman–Crippen LogP) is 3.35. The van der Waals surface area contributed by atoms with E-state index in [4.69, 9.17) is 5.73 Å². The van der Waals surface area contributed by atoms with Crippen LogP contribution >= 0.6 is 0 Å². The molecular weight excluding hydrogens is 338 g/mol. The number of nitrogens with two attached hydrogens (primary N) is 1. The lowest BCUT2D eigenvalue weighted by Crippen LogP contribution is -2.32. The highest BCUT2D eigenvalue weighted by molar-refractivity contribution is 6.18. The van der Waals surface area contributed by atoms with Gasteiger partial charge in [-0.2, -0.15) is 0 Å². The quantitative estimate of drug-likeness (QED) is 0.707. The number of aliphatic hydroxyl groups is 1. The maximum absolute atomic E-state index is 9.86. The molecule has 0 aliphatic carbocycles. The lowest BCUT2D eigenvalue weighted by molar-refractivity contribution is 0.264. The van der Waals surface area contributed by atoms with E-state index in [0.29, 0.717) is 11.7 Å². The summed E-state index contributed by atoms with van der Waals surface area (Å²) in [7, 11) is 0. The summed E-state index contributed by atoms with van der Waals surface area (Å²) in [5.41, 5.74) is 10.7. The molecule has 1 aliphatic rings. The molecule has 6 heteroatoms. The van der Waals surface area contributed by atoms with Crippen molar-refractivity contribution in [2.75, 3.05) is 18.1 Å². The number of H-pyrrole nitrogens is 1. The summed E-state index contributed by atoms with van der Waals surface area (Å²) in [6.45, 7) is 9.15. The summed E-state index contributed by atoms with van der Waals surface area (Å²) in [6, 6.07) is 2.15. The van der Waals surface area contributed by atoms with Gasteiger partial charge in [0.25, 0.3) is 0 Å². The normalized spacial score (nSPS) is 20.8. The lowest BCUT2D eigenvalue weighted by Gasteiger charge is -2.26. The molecule has 0 bridgehead atoms. The van der Waals surface area contributed by atoms with Gasteiger partial charge in [-0.25, -0.2) is 9.98 Å². The van der Waals surface area contributed by atoms with Crippen molar-refractivity contribution in [1.29, 1.82) is 0 Å². The standard InChI is InChI=1S/C21H29N5O/c1-5-6-17(25-20(22)13(2)3)16-10-24-21-19(16)18(7-8-23-21)26-11-14(4)9-15(26)12-27/h5-8,10,14-15,27H,9,11-12,22H2,1-4H3,(H,23,24)/b6-5-,25-17+. The Morgan fingerprint density at radius 3 is 2.93 bits per heavy atom. The van der Waals surface area contributed by atoms with E-state index in [1.165, 1.54) is 0 Å². The summed E-state index contributed by atoms with van der Waals surface area (Å²) in [4.78, 5) is 14.7. The van der Waals surface area contributed by atoms with Crippen LogP contribution in [0.3, 0.4) is 0 Å². The number of pyridine rings is 1. The number of fused-ring (bicyclic) bond motifs is 1. The predicted molar refractivity (Wildman–Crippen MR) is 112 cm³/mol. The van der Waals surface area contributed by atoms with E-state index in [2.05, 4.69) is 26.8 Å². The molecule has 0 amide bonds. The molecule has 144 valence electrons. The largest absolute Gasteiger partial charge is 0.394 e. The van der Waals surface area contributed by atoms with Crippen LogP contribution in [0.4, 0.5) is 5.69 Å². The SMILES string of the molecule is C/C=C\C(=N/C(N)=C(C)C)c1c[nH]c2nccc(N3CC(C)CC3CO)c12. The highest BCUT2D eigenvalue weighted by Crippen LogP contribution is 2.35. The van der Waals surface area contributed by atoms with Crippen molar-refractivity contribution in [3.05, 3.63) is 47.6 Å². The van der Waals surface area contributed by atoms with Crippen molar-refractivity contribution in [2.45, 2.75) is 40.2 Å². The topological polar surface area (TPSA) is 90.5 Å². The second-order valence-electron chi connectivity index (χ2n) is 7.47. The van der Waals surface area contributed by atoms with Gasteiger partial charge in [0.2, 0.25) is 0 Å². The Bertz CT molecular complexity index is 904. The van der Waals surface area contributed by atoms with E-state index < -0.39 is 0 Å². The van der Waals surface area contributed by atoms with Gasteiger partial charge < -0.3 is 20.7 Å². The van der Waals surface area contributed by atoms with Gasteiger partial charge in [0.1, 0.15) is 11.5 Å². The smallest absolute Gasteiger partial charge is 0.140 e. The van der Waals surface area contributed by atoms with Crippen LogP contribution < -0.4 is 10.6 Å². The third kappa shape index (κ3) is 3.76. The number of hydrogen-bond acceptors (Lipinski definition) is 5. The Morgan fingerprint density at radius 2 is 2.26 bits per heavy atom. The van der Waals surface area contributed by atoms with E-state index in [0.717, 1.165) is 46.5 Å². The fraction of sp³-hybridized carbons (Fsp3) is 0.429. The number of aliphatic hydroxyl groups excluding tert-OH is 1. The van der Waals surface area contributed by atoms with Crippen molar-refractivity contribution < 1.29 is 5.11 Å². The molecule has 1 aliphatic heterocycles. The Kier molecular flexibility index (Phi) is 5.65. The summed E-state index contributed by atoms with van der Waals surface area (Å²) in [6.07, 6.45) is 8.66. The molecule has 2 unspecified atom stereocenters. The van der Waals surface area contributed by atoms with E-state index in [-0.39, 0.29) is 12.6 Å². The van der Waals surface area contributed by atoms with Gasteiger partial charge >= 0.3 is 0 Å². The van der Waals surface area contributed by atoms with Crippen LogP contribution in [-0.2, 0) is 0 Å². The molecule has 3 rings (SSSR count). The summed E-state index contributed by atoms with van der Waals surface area (Å²) >= 11 is 0. The number of aromatic amines is 1. The zero-order valence-electron chi connectivity index (χ0n) is 16.5. The second kappa shape index (κ2) is 7.96. The van der Waals surface area contributed by atoms with Crippen molar-refractivity contribution in [2.24, 2.45) is 16.6 Å². The second-order valence-corrected chi connectivity index (χ2v) is 7.47. The first-order chi connectivity index (χ1) is 13.0. The fourth-order valence-corrected chi connectivity index (χ4v) is 3.69. The molecule has 0 saturated carbocycles. The maximum Gasteiger partial charge on any atom is 0.140 e.